The van der Waals surface area contributed by atoms with Gasteiger partial charge >= 0.3 is 0 Å². The van der Waals surface area contributed by atoms with Gasteiger partial charge in [-0.05, 0) is 36.5 Å². The number of amides is 1. The van der Waals surface area contributed by atoms with Crippen LogP contribution in [-0.4, -0.2) is 61.6 Å². The summed E-state index contributed by atoms with van der Waals surface area (Å²) in [7, 11) is 0. The van der Waals surface area contributed by atoms with Crippen molar-refractivity contribution in [3.05, 3.63) is 33.8 Å². The van der Waals surface area contributed by atoms with Crippen LogP contribution in [0.5, 0.6) is 0 Å². The monoisotopic (exact) mass is 398 g/mol. The molecule has 2 heterocycles. The molecular formula is C20H28Cl2N2O2. The largest absolute Gasteiger partial charge is 0.381 e. The summed E-state index contributed by atoms with van der Waals surface area (Å²) < 4.78 is 5.56. The Hall–Kier alpha value is -0.810. The van der Waals surface area contributed by atoms with Crippen LogP contribution in [0, 0.1) is 5.92 Å². The highest BCUT2D eigenvalue weighted by Gasteiger charge is 2.45. The summed E-state index contributed by atoms with van der Waals surface area (Å²) in [6, 6.07) is 5.49. The highest BCUT2D eigenvalue weighted by Crippen LogP contribution is 2.41. The van der Waals surface area contributed by atoms with E-state index < -0.39 is 5.41 Å². The van der Waals surface area contributed by atoms with Crippen LogP contribution in [0.15, 0.2) is 18.2 Å². The molecule has 0 N–H and O–H groups in total. The van der Waals surface area contributed by atoms with E-state index in [9.17, 15) is 4.79 Å². The predicted molar refractivity (Wildman–Crippen MR) is 106 cm³/mol. The number of ether oxygens (including phenoxy) is 1. The summed E-state index contributed by atoms with van der Waals surface area (Å²) in [6.45, 7) is 10.1. The fourth-order valence-corrected chi connectivity index (χ4v) is 4.74. The molecular weight excluding hydrogens is 371 g/mol. The number of halogens is 2. The number of benzene rings is 1. The minimum absolute atomic E-state index is 0.189. The Kier molecular flexibility index (Phi) is 6.50. The van der Waals surface area contributed by atoms with Crippen LogP contribution in [0.2, 0.25) is 10.0 Å². The first-order valence-electron chi connectivity index (χ1n) is 9.47. The molecule has 1 aromatic carbocycles. The van der Waals surface area contributed by atoms with Gasteiger partial charge in [0.05, 0.1) is 5.41 Å². The summed E-state index contributed by atoms with van der Waals surface area (Å²) in [5.41, 5.74) is 0.293. The van der Waals surface area contributed by atoms with Crippen molar-refractivity contribution in [2.45, 2.75) is 32.1 Å². The molecule has 0 radical (unpaired) electrons. The number of nitrogens with zero attached hydrogens (tertiary/aromatic N) is 2. The molecule has 2 aliphatic heterocycles. The summed E-state index contributed by atoms with van der Waals surface area (Å²) in [4.78, 5) is 18.1. The lowest BCUT2D eigenvalue weighted by molar-refractivity contribution is -0.143. The van der Waals surface area contributed by atoms with Crippen LogP contribution in [0.25, 0.3) is 0 Å². The van der Waals surface area contributed by atoms with Crippen LogP contribution >= 0.6 is 23.2 Å². The SMILES string of the molecule is CC(C)CN1CCN(C(=O)C2(c3ccc(Cl)cc3Cl)CCOCC2)CC1. The fraction of sp³-hybridized carbons (Fsp3) is 0.650. The van der Waals surface area contributed by atoms with Gasteiger partial charge in [-0.15, -0.1) is 0 Å². The molecule has 2 fully saturated rings. The van der Waals surface area contributed by atoms with Crippen molar-refractivity contribution in [3.8, 4) is 0 Å². The molecule has 6 heteroatoms. The third-order valence-corrected chi connectivity index (χ3v) is 6.03. The minimum atomic E-state index is -0.597. The highest BCUT2D eigenvalue weighted by atomic mass is 35.5. The van der Waals surface area contributed by atoms with Crippen LogP contribution in [0.4, 0.5) is 0 Å². The van der Waals surface area contributed by atoms with Crippen molar-refractivity contribution >= 4 is 29.1 Å². The second kappa shape index (κ2) is 8.47. The molecule has 0 spiro atoms. The number of carbonyl (C=O) groups excluding carboxylic acids is 1. The maximum absolute atomic E-state index is 13.6. The molecule has 3 rings (SSSR count). The van der Waals surface area contributed by atoms with E-state index >= 15 is 0 Å². The first-order valence-corrected chi connectivity index (χ1v) is 10.2. The Morgan fingerprint density at radius 1 is 1.15 bits per heavy atom. The van der Waals surface area contributed by atoms with E-state index in [-0.39, 0.29) is 5.91 Å². The molecule has 1 aromatic rings. The quantitative estimate of drug-likeness (QED) is 0.771. The molecule has 2 aliphatic rings. The van der Waals surface area contributed by atoms with E-state index in [1.807, 2.05) is 17.0 Å². The van der Waals surface area contributed by atoms with Crippen LogP contribution in [-0.2, 0) is 14.9 Å². The van der Waals surface area contributed by atoms with Crippen molar-refractivity contribution in [1.29, 1.82) is 0 Å². The molecule has 4 nitrogen and oxygen atoms in total. The van der Waals surface area contributed by atoms with Crippen molar-refractivity contribution in [1.82, 2.24) is 9.80 Å². The second-order valence-electron chi connectivity index (χ2n) is 7.81. The van der Waals surface area contributed by atoms with E-state index in [2.05, 4.69) is 18.7 Å². The van der Waals surface area contributed by atoms with Gasteiger partial charge < -0.3 is 9.64 Å². The normalized spacial score (nSPS) is 21.2. The zero-order valence-electron chi connectivity index (χ0n) is 15.6. The molecule has 144 valence electrons. The summed E-state index contributed by atoms with van der Waals surface area (Å²) >= 11 is 12.6. The van der Waals surface area contributed by atoms with E-state index in [0.29, 0.717) is 42.0 Å². The molecule has 0 bridgehead atoms. The van der Waals surface area contributed by atoms with E-state index in [1.54, 1.807) is 6.07 Å². The standard InChI is InChI=1S/C20H28Cl2N2O2/c1-15(2)14-23-7-9-24(10-8-23)19(25)20(5-11-26-12-6-20)17-4-3-16(21)13-18(17)22/h3-4,13,15H,5-12,14H2,1-2H3. The average Bonchev–Trinajstić information content (AvgIpc) is 2.62. The van der Waals surface area contributed by atoms with Crippen molar-refractivity contribution < 1.29 is 9.53 Å². The zero-order chi connectivity index (χ0) is 18.7. The number of carbonyl (C=O) groups is 1. The number of piperazine rings is 1. The minimum Gasteiger partial charge on any atom is -0.381 e. The molecule has 1 amide bonds. The molecule has 26 heavy (non-hydrogen) atoms. The molecule has 0 aromatic heterocycles. The van der Waals surface area contributed by atoms with Gasteiger partial charge in [-0.2, -0.15) is 0 Å². The third kappa shape index (κ3) is 4.19. The Morgan fingerprint density at radius 3 is 2.38 bits per heavy atom. The van der Waals surface area contributed by atoms with Gasteiger partial charge in [-0.3, -0.25) is 9.69 Å². The molecule has 0 unspecified atom stereocenters. The summed E-state index contributed by atoms with van der Waals surface area (Å²) in [6.07, 6.45) is 1.33. The van der Waals surface area contributed by atoms with Crippen LogP contribution < -0.4 is 0 Å². The molecule has 0 aliphatic carbocycles. The Balaban J connectivity index is 1.81. The van der Waals surface area contributed by atoms with Gasteiger partial charge in [-0.25, -0.2) is 0 Å². The van der Waals surface area contributed by atoms with Gasteiger partial charge in [0.15, 0.2) is 0 Å². The smallest absolute Gasteiger partial charge is 0.233 e. The topological polar surface area (TPSA) is 32.8 Å². The third-order valence-electron chi connectivity index (χ3n) is 5.49. The maximum Gasteiger partial charge on any atom is 0.233 e. The van der Waals surface area contributed by atoms with Crippen LogP contribution in [0.3, 0.4) is 0 Å². The van der Waals surface area contributed by atoms with Gasteiger partial charge in [-0.1, -0.05) is 43.1 Å². The second-order valence-corrected chi connectivity index (χ2v) is 8.65. The molecule has 2 saturated heterocycles. The Bertz CT molecular complexity index is 637. The maximum atomic E-state index is 13.6. The van der Waals surface area contributed by atoms with E-state index in [4.69, 9.17) is 27.9 Å². The summed E-state index contributed by atoms with van der Waals surface area (Å²) in [5.74, 6) is 0.834. The summed E-state index contributed by atoms with van der Waals surface area (Å²) in [5, 5.41) is 1.17. The Labute approximate surface area is 166 Å². The van der Waals surface area contributed by atoms with Crippen molar-refractivity contribution in [2.75, 3.05) is 45.9 Å². The fourth-order valence-electron chi connectivity index (χ4n) is 4.15. The molecule has 0 saturated carbocycles. The first-order chi connectivity index (χ1) is 12.4. The Morgan fingerprint density at radius 2 is 1.81 bits per heavy atom. The lowest BCUT2D eigenvalue weighted by Crippen LogP contribution is -2.56. The predicted octanol–water partition coefficient (Wildman–Crippen LogP) is 3.84. The number of hydrogen-bond acceptors (Lipinski definition) is 3. The van der Waals surface area contributed by atoms with Gasteiger partial charge in [0, 0.05) is 56.0 Å². The molecule has 0 atom stereocenters. The average molecular weight is 399 g/mol. The lowest BCUT2D eigenvalue weighted by Gasteiger charge is -2.43. The van der Waals surface area contributed by atoms with E-state index in [0.717, 1.165) is 38.3 Å². The van der Waals surface area contributed by atoms with Gasteiger partial charge in [0.25, 0.3) is 0 Å². The number of rotatable bonds is 4. The number of hydrogen-bond donors (Lipinski definition) is 0. The lowest BCUT2D eigenvalue weighted by atomic mass is 9.72. The zero-order valence-corrected chi connectivity index (χ0v) is 17.2. The van der Waals surface area contributed by atoms with Crippen molar-refractivity contribution in [2.24, 2.45) is 5.92 Å². The van der Waals surface area contributed by atoms with Crippen LogP contribution in [0.1, 0.15) is 32.3 Å². The highest BCUT2D eigenvalue weighted by molar-refractivity contribution is 6.35. The van der Waals surface area contributed by atoms with Crippen molar-refractivity contribution in [3.63, 3.8) is 0 Å². The van der Waals surface area contributed by atoms with Gasteiger partial charge in [0.2, 0.25) is 5.91 Å². The van der Waals surface area contributed by atoms with E-state index in [1.165, 1.54) is 0 Å². The first kappa shape index (κ1) is 19.9. The van der Waals surface area contributed by atoms with Gasteiger partial charge in [0.1, 0.15) is 0 Å².